The molecule has 0 saturated heterocycles. The van der Waals surface area contributed by atoms with Gasteiger partial charge in [0.2, 0.25) is 0 Å². The largest absolute Gasteiger partial charge is 0.422 e. The lowest BCUT2D eigenvalue weighted by Crippen LogP contribution is -1.94. The van der Waals surface area contributed by atoms with Gasteiger partial charge in [-0.05, 0) is 19.1 Å². The van der Waals surface area contributed by atoms with Crippen molar-refractivity contribution in [1.82, 2.24) is 9.55 Å². The van der Waals surface area contributed by atoms with Crippen LogP contribution in [0.2, 0.25) is 0 Å². The summed E-state index contributed by atoms with van der Waals surface area (Å²) in [6.07, 6.45) is 1.82. The molecule has 1 heterocycles. The first-order chi connectivity index (χ1) is 7.16. The van der Waals surface area contributed by atoms with Crippen molar-refractivity contribution < 1.29 is 9.13 Å². The standard InChI is InChI=1S/C11H11FN2O/c1-8-7-14(2)11(13-8)15-10-6-4-3-5-9(10)12/h3-7H,1-2H3. The normalized spacial score (nSPS) is 10.3. The predicted molar refractivity (Wildman–Crippen MR) is 54.4 cm³/mol. The molecule has 3 nitrogen and oxygen atoms in total. The molecular weight excluding hydrogens is 195 g/mol. The van der Waals surface area contributed by atoms with Crippen LogP contribution in [-0.2, 0) is 7.05 Å². The van der Waals surface area contributed by atoms with Gasteiger partial charge in [-0.25, -0.2) is 9.37 Å². The lowest BCUT2D eigenvalue weighted by Gasteiger charge is -2.04. The van der Waals surface area contributed by atoms with Crippen molar-refractivity contribution in [3.05, 3.63) is 42.0 Å². The molecule has 1 aromatic carbocycles. The van der Waals surface area contributed by atoms with E-state index in [0.717, 1.165) is 5.69 Å². The first kappa shape index (κ1) is 9.71. The zero-order valence-corrected chi connectivity index (χ0v) is 8.57. The van der Waals surface area contributed by atoms with E-state index in [1.54, 1.807) is 29.8 Å². The summed E-state index contributed by atoms with van der Waals surface area (Å²) in [7, 11) is 1.80. The highest BCUT2D eigenvalue weighted by atomic mass is 19.1. The van der Waals surface area contributed by atoms with Crippen LogP contribution in [0.4, 0.5) is 4.39 Å². The van der Waals surface area contributed by atoms with Crippen LogP contribution >= 0.6 is 0 Å². The second kappa shape index (κ2) is 3.73. The van der Waals surface area contributed by atoms with Crippen molar-refractivity contribution in [2.75, 3.05) is 0 Å². The van der Waals surface area contributed by atoms with Crippen LogP contribution in [0.1, 0.15) is 5.69 Å². The average molecular weight is 206 g/mol. The highest BCUT2D eigenvalue weighted by molar-refractivity contribution is 5.27. The number of benzene rings is 1. The molecule has 4 heteroatoms. The third-order valence-corrected chi connectivity index (χ3v) is 1.99. The topological polar surface area (TPSA) is 27.1 Å². The summed E-state index contributed by atoms with van der Waals surface area (Å²) >= 11 is 0. The molecule has 2 aromatic rings. The highest BCUT2D eigenvalue weighted by Gasteiger charge is 2.07. The van der Waals surface area contributed by atoms with Crippen LogP contribution in [0.15, 0.2) is 30.5 Å². The number of aromatic nitrogens is 2. The molecule has 78 valence electrons. The summed E-state index contributed by atoms with van der Waals surface area (Å²) in [6.45, 7) is 1.86. The number of rotatable bonds is 2. The first-order valence-electron chi connectivity index (χ1n) is 4.59. The summed E-state index contributed by atoms with van der Waals surface area (Å²) in [4.78, 5) is 4.12. The smallest absolute Gasteiger partial charge is 0.301 e. The van der Waals surface area contributed by atoms with Crippen molar-refractivity contribution in [3.63, 3.8) is 0 Å². The summed E-state index contributed by atoms with van der Waals surface area (Å²) in [6, 6.07) is 6.64. The SMILES string of the molecule is Cc1cn(C)c(Oc2ccccc2F)n1. The first-order valence-corrected chi connectivity index (χ1v) is 4.59. The fourth-order valence-corrected chi connectivity index (χ4v) is 1.31. The van der Waals surface area contributed by atoms with Gasteiger partial charge in [0.15, 0.2) is 11.6 Å². The number of imidazole rings is 1. The Morgan fingerprint density at radius 2 is 2.07 bits per heavy atom. The van der Waals surface area contributed by atoms with Gasteiger partial charge in [-0.3, -0.25) is 0 Å². The third kappa shape index (κ3) is 1.98. The summed E-state index contributed by atoms with van der Waals surface area (Å²) < 4.78 is 20.3. The molecule has 0 aliphatic carbocycles. The number of para-hydroxylation sites is 1. The molecule has 2 rings (SSSR count). The molecule has 0 N–H and O–H groups in total. The molecule has 0 fully saturated rings. The van der Waals surface area contributed by atoms with Crippen molar-refractivity contribution in [1.29, 1.82) is 0 Å². The molecule has 0 aliphatic rings. The Kier molecular flexibility index (Phi) is 2.41. The second-order valence-corrected chi connectivity index (χ2v) is 3.31. The Morgan fingerprint density at radius 1 is 1.33 bits per heavy atom. The van der Waals surface area contributed by atoms with Gasteiger partial charge < -0.3 is 9.30 Å². The Hall–Kier alpha value is -1.84. The van der Waals surface area contributed by atoms with E-state index >= 15 is 0 Å². The van der Waals surface area contributed by atoms with Gasteiger partial charge in [-0.2, -0.15) is 0 Å². The van der Waals surface area contributed by atoms with E-state index in [-0.39, 0.29) is 5.75 Å². The number of hydrogen-bond donors (Lipinski definition) is 0. The van der Waals surface area contributed by atoms with Crippen molar-refractivity contribution >= 4 is 0 Å². The molecule has 15 heavy (non-hydrogen) atoms. The number of nitrogens with zero attached hydrogens (tertiary/aromatic N) is 2. The van der Waals surface area contributed by atoms with Gasteiger partial charge in [-0.1, -0.05) is 12.1 Å². The van der Waals surface area contributed by atoms with Crippen LogP contribution in [0.5, 0.6) is 11.8 Å². The van der Waals surface area contributed by atoms with Crippen molar-refractivity contribution in [2.24, 2.45) is 7.05 Å². The lowest BCUT2D eigenvalue weighted by molar-refractivity contribution is 0.397. The van der Waals surface area contributed by atoms with Crippen LogP contribution in [-0.4, -0.2) is 9.55 Å². The van der Waals surface area contributed by atoms with Gasteiger partial charge in [0.1, 0.15) is 0 Å². The number of aryl methyl sites for hydroxylation is 2. The van der Waals surface area contributed by atoms with Crippen molar-refractivity contribution in [2.45, 2.75) is 6.92 Å². The quantitative estimate of drug-likeness (QED) is 0.755. The van der Waals surface area contributed by atoms with Crippen LogP contribution in [0.3, 0.4) is 0 Å². The maximum Gasteiger partial charge on any atom is 0.301 e. The van der Waals surface area contributed by atoms with Gasteiger partial charge in [0, 0.05) is 13.2 Å². The molecule has 0 spiro atoms. The molecule has 0 atom stereocenters. The number of hydrogen-bond acceptors (Lipinski definition) is 2. The minimum Gasteiger partial charge on any atom is -0.422 e. The second-order valence-electron chi connectivity index (χ2n) is 3.31. The molecular formula is C11H11FN2O. The van der Waals surface area contributed by atoms with E-state index in [0.29, 0.717) is 6.01 Å². The van der Waals surface area contributed by atoms with E-state index in [9.17, 15) is 4.39 Å². The predicted octanol–water partition coefficient (Wildman–Crippen LogP) is 2.66. The zero-order chi connectivity index (χ0) is 10.8. The fourth-order valence-electron chi connectivity index (χ4n) is 1.31. The Labute approximate surface area is 87.1 Å². The maximum absolute atomic E-state index is 13.3. The average Bonchev–Trinajstić information content (AvgIpc) is 2.49. The zero-order valence-electron chi connectivity index (χ0n) is 8.57. The maximum atomic E-state index is 13.3. The third-order valence-electron chi connectivity index (χ3n) is 1.99. The van der Waals surface area contributed by atoms with E-state index in [2.05, 4.69) is 4.98 Å². The van der Waals surface area contributed by atoms with Gasteiger partial charge >= 0.3 is 6.01 Å². The molecule has 0 bridgehead atoms. The minimum atomic E-state index is -0.391. The van der Waals surface area contributed by atoms with E-state index in [1.165, 1.54) is 6.07 Å². The Balaban J connectivity index is 2.29. The van der Waals surface area contributed by atoms with Gasteiger partial charge in [0.25, 0.3) is 0 Å². The van der Waals surface area contributed by atoms with Crippen LogP contribution in [0, 0.1) is 12.7 Å². The van der Waals surface area contributed by atoms with E-state index in [1.807, 2.05) is 13.1 Å². The monoisotopic (exact) mass is 206 g/mol. The number of halogens is 1. The van der Waals surface area contributed by atoms with Gasteiger partial charge in [0.05, 0.1) is 5.69 Å². The van der Waals surface area contributed by atoms with Gasteiger partial charge in [-0.15, -0.1) is 0 Å². The van der Waals surface area contributed by atoms with E-state index in [4.69, 9.17) is 4.74 Å². The highest BCUT2D eigenvalue weighted by Crippen LogP contribution is 2.22. The summed E-state index contributed by atoms with van der Waals surface area (Å²) in [5.41, 5.74) is 0.837. The van der Waals surface area contributed by atoms with E-state index < -0.39 is 5.82 Å². The summed E-state index contributed by atoms with van der Waals surface area (Å²) in [5, 5.41) is 0. The molecule has 0 saturated carbocycles. The Bertz CT molecular complexity index is 479. The number of ether oxygens (including phenoxy) is 1. The molecule has 0 radical (unpaired) electrons. The summed E-state index contributed by atoms with van der Waals surface area (Å²) in [5.74, 6) is -0.204. The van der Waals surface area contributed by atoms with Crippen molar-refractivity contribution in [3.8, 4) is 11.8 Å². The lowest BCUT2D eigenvalue weighted by atomic mass is 10.3. The minimum absolute atomic E-state index is 0.186. The van der Waals surface area contributed by atoms with Crippen LogP contribution < -0.4 is 4.74 Å². The molecule has 1 aromatic heterocycles. The van der Waals surface area contributed by atoms with Crippen LogP contribution in [0.25, 0.3) is 0 Å². The molecule has 0 aliphatic heterocycles. The molecule has 0 unspecified atom stereocenters. The Morgan fingerprint density at radius 3 is 2.67 bits per heavy atom. The fraction of sp³-hybridized carbons (Fsp3) is 0.182. The molecule has 0 amide bonds.